The highest BCUT2D eigenvalue weighted by atomic mass is 16.6. The van der Waals surface area contributed by atoms with Crippen molar-refractivity contribution in [3.05, 3.63) is 29.8 Å². The molecule has 2 aliphatic heterocycles. The van der Waals surface area contributed by atoms with Crippen LogP contribution in [0.2, 0.25) is 0 Å². The van der Waals surface area contributed by atoms with Gasteiger partial charge in [0.1, 0.15) is 5.60 Å². The third kappa shape index (κ3) is 4.30. The number of imide groups is 1. The first-order valence-electron chi connectivity index (χ1n) is 9.31. The number of rotatable bonds is 2. The minimum absolute atomic E-state index is 0.177. The van der Waals surface area contributed by atoms with Gasteiger partial charge in [-0.3, -0.25) is 14.5 Å². The zero-order chi connectivity index (χ0) is 19.8. The summed E-state index contributed by atoms with van der Waals surface area (Å²) in [5.74, 6) is -0.363. The topological polar surface area (TPSA) is 70.2 Å². The molecule has 3 rings (SSSR count). The first-order chi connectivity index (χ1) is 12.7. The molecule has 0 aromatic heterocycles. The van der Waals surface area contributed by atoms with E-state index in [4.69, 9.17) is 4.74 Å². The van der Waals surface area contributed by atoms with E-state index in [9.17, 15) is 14.4 Å². The van der Waals surface area contributed by atoms with Crippen LogP contribution in [0.5, 0.6) is 0 Å². The minimum atomic E-state index is -0.531. The molecule has 1 aromatic rings. The summed E-state index contributed by atoms with van der Waals surface area (Å²) in [4.78, 5) is 42.4. The van der Waals surface area contributed by atoms with Crippen LogP contribution in [0.4, 0.5) is 10.5 Å². The summed E-state index contributed by atoms with van der Waals surface area (Å²) in [6, 6.07) is 6.92. The highest BCUT2D eigenvalue weighted by Gasteiger charge is 2.43. The van der Waals surface area contributed by atoms with Crippen molar-refractivity contribution >= 4 is 23.6 Å². The fourth-order valence-corrected chi connectivity index (χ4v) is 3.41. The molecule has 2 fully saturated rings. The van der Waals surface area contributed by atoms with E-state index in [0.29, 0.717) is 31.9 Å². The molecule has 7 heteroatoms. The Morgan fingerprint density at radius 2 is 1.63 bits per heavy atom. The molecule has 0 spiro atoms. The van der Waals surface area contributed by atoms with Crippen LogP contribution in [0.3, 0.4) is 0 Å². The van der Waals surface area contributed by atoms with Crippen molar-refractivity contribution in [1.82, 2.24) is 9.80 Å². The van der Waals surface area contributed by atoms with Gasteiger partial charge in [0.2, 0.25) is 5.91 Å². The van der Waals surface area contributed by atoms with Gasteiger partial charge in [-0.25, -0.2) is 9.69 Å². The summed E-state index contributed by atoms with van der Waals surface area (Å²) >= 11 is 0. The Labute approximate surface area is 159 Å². The zero-order valence-corrected chi connectivity index (χ0v) is 16.4. The number of anilines is 1. The van der Waals surface area contributed by atoms with E-state index in [1.54, 1.807) is 17.0 Å². The Morgan fingerprint density at radius 1 is 1.04 bits per heavy atom. The van der Waals surface area contributed by atoms with Crippen molar-refractivity contribution in [2.75, 3.05) is 31.1 Å². The first kappa shape index (κ1) is 19.4. The second-order valence-corrected chi connectivity index (χ2v) is 8.13. The van der Waals surface area contributed by atoms with Crippen molar-refractivity contribution in [1.29, 1.82) is 0 Å². The van der Waals surface area contributed by atoms with Crippen LogP contribution in [0.25, 0.3) is 0 Å². The van der Waals surface area contributed by atoms with Crippen LogP contribution in [-0.2, 0) is 14.3 Å². The standard InChI is InChI=1S/C20H27N3O4/c1-14-5-7-15(8-6-14)23-17(24)13-16(18(23)25)21-9-11-22(12-10-21)19(26)27-20(2,3)4/h5-8,16H,9-13H2,1-4H3/t16-/m1/s1. The molecule has 0 saturated carbocycles. The highest BCUT2D eigenvalue weighted by molar-refractivity contribution is 6.22. The Hall–Kier alpha value is -2.41. The summed E-state index contributed by atoms with van der Waals surface area (Å²) < 4.78 is 5.40. The number of piperazine rings is 1. The van der Waals surface area contributed by atoms with E-state index < -0.39 is 11.6 Å². The molecule has 0 unspecified atom stereocenters. The third-order valence-corrected chi connectivity index (χ3v) is 4.82. The molecule has 1 atom stereocenters. The van der Waals surface area contributed by atoms with E-state index >= 15 is 0 Å². The predicted octanol–water partition coefficient (Wildman–Crippen LogP) is 2.18. The van der Waals surface area contributed by atoms with Gasteiger partial charge in [0, 0.05) is 26.2 Å². The summed E-state index contributed by atoms with van der Waals surface area (Å²) in [7, 11) is 0. The maximum absolute atomic E-state index is 12.9. The molecular weight excluding hydrogens is 346 g/mol. The SMILES string of the molecule is Cc1ccc(N2C(=O)C[C@@H](N3CCN(C(=O)OC(C)(C)C)CC3)C2=O)cc1. The normalized spacial score (nSPS) is 21.7. The number of carbonyl (C=O) groups is 3. The second kappa shape index (κ2) is 7.31. The van der Waals surface area contributed by atoms with E-state index in [1.165, 1.54) is 4.90 Å². The molecule has 2 aliphatic rings. The number of hydrogen-bond acceptors (Lipinski definition) is 5. The molecule has 1 aromatic carbocycles. The van der Waals surface area contributed by atoms with E-state index in [-0.39, 0.29) is 24.3 Å². The smallest absolute Gasteiger partial charge is 0.410 e. The quantitative estimate of drug-likeness (QED) is 0.743. The van der Waals surface area contributed by atoms with Crippen molar-refractivity contribution in [2.45, 2.75) is 45.8 Å². The van der Waals surface area contributed by atoms with Crippen LogP contribution in [-0.4, -0.2) is 65.5 Å². The number of benzene rings is 1. The number of amides is 3. The third-order valence-electron chi connectivity index (χ3n) is 4.82. The van der Waals surface area contributed by atoms with Crippen LogP contribution in [0.1, 0.15) is 32.8 Å². The summed E-state index contributed by atoms with van der Waals surface area (Å²) in [6.45, 7) is 9.53. The van der Waals surface area contributed by atoms with Gasteiger partial charge in [0.15, 0.2) is 0 Å². The monoisotopic (exact) mass is 373 g/mol. The number of carbonyl (C=O) groups excluding carboxylic acids is 3. The second-order valence-electron chi connectivity index (χ2n) is 8.13. The van der Waals surface area contributed by atoms with Crippen LogP contribution in [0.15, 0.2) is 24.3 Å². The lowest BCUT2D eigenvalue weighted by molar-refractivity contribution is -0.123. The largest absolute Gasteiger partial charge is 0.444 e. The molecule has 0 radical (unpaired) electrons. The number of hydrogen-bond donors (Lipinski definition) is 0. The van der Waals surface area contributed by atoms with E-state index in [2.05, 4.69) is 0 Å². The molecule has 27 heavy (non-hydrogen) atoms. The van der Waals surface area contributed by atoms with Gasteiger partial charge in [-0.2, -0.15) is 0 Å². The van der Waals surface area contributed by atoms with Crippen LogP contribution in [0, 0.1) is 6.92 Å². The zero-order valence-electron chi connectivity index (χ0n) is 16.4. The molecule has 0 N–H and O–H groups in total. The van der Waals surface area contributed by atoms with E-state index in [0.717, 1.165) is 5.56 Å². The predicted molar refractivity (Wildman–Crippen MR) is 101 cm³/mol. The molecule has 3 amide bonds. The lowest BCUT2D eigenvalue weighted by atomic mass is 10.1. The fourth-order valence-electron chi connectivity index (χ4n) is 3.41. The molecule has 0 aliphatic carbocycles. The molecule has 7 nitrogen and oxygen atoms in total. The Balaban J connectivity index is 1.62. The first-order valence-corrected chi connectivity index (χ1v) is 9.31. The number of ether oxygens (including phenoxy) is 1. The minimum Gasteiger partial charge on any atom is -0.444 e. The maximum atomic E-state index is 12.9. The number of aryl methyl sites for hydroxylation is 1. The highest BCUT2D eigenvalue weighted by Crippen LogP contribution is 2.26. The molecule has 2 heterocycles. The van der Waals surface area contributed by atoms with Crippen LogP contribution >= 0.6 is 0 Å². The molecular formula is C20H27N3O4. The average Bonchev–Trinajstić information content (AvgIpc) is 2.89. The van der Waals surface area contributed by atoms with Crippen molar-refractivity contribution in [3.8, 4) is 0 Å². The fraction of sp³-hybridized carbons (Fsp3) is 0.550. The lowest BCUT2D eigenvalue weighted by Crippen LogP contribution is -2.54. The van der Waals surface area contributed by atoms with Crippen molar-refractivity contribution in [2.24, 2.45) is 0 Å². The van der Waals surface area contributed by atoms with Gasteiger partial charge in [0.25, 0.3) is 5.91 Å². The van der Waals surface area contributed by atoms with Gasteiger partial charge in [-0.15, -0.1) is 0 Å². The van der Waals surface area contributed by atoms with Gasteiger partial charge in [0.05, 0.1) is 18.2 Å². The maximum Gasteiger partial charge on any atom is 0.410 e. The summed E-state index contributed by atoms with van der Waals surface area (Å²) in [5.41, 5.74) is 1.16. The molecule has 146 valence electrons. The summed E-state index contributed by atoms with van der Waals surface area (Å²) in [5, 5.41) is 0. The van der Waals surface area contributed by atoms with E-state index in [1.807, 2.05) is 44.7 Å². The van der Waals surface area contributed by atoms with Gasteiger partial charge in [-0.05, 0) is 39.8 Å². The van der Waals surface area contributed by atoms with Gasteiger partial charge in [-0.1, -0.05) is 17.7 Å². The van der Waals surface area contributed by atoms with Gasteiger partial charge < -0.3 is 9.64 Å². The van der Waals surface area contributed by atoms with Crippen molar-refractivity contribution < 1.29 is 19.1 Å². The Kier molecular flexibility index (Phi) is 5.24. The molecule has 2 saturated heterocycles. The van der Waals surface area contributed by atoms with Crippen molar-refractivity contribution in [3.63, 3.8) is 0 Å². The number of nitrogens with zero attached hydrogens (tertiary/aromatic N) is 3. The Bertz CT molecular complexity index is 731. The average molecular weight is 373 g/mol. The van der Waals surface area contributed by atoms with Gasteiger partial charge >= 0.3 is 6.09 Å². The van der Waals surface area contributed by atoms with Crippen LogP contribution < -0.4 is 4.90 Å². The summed E-state index contributed by atoms with van der Waals surface area (Å²) in [6.07, 6.45) is -0.156. The lowest BCUT2D eigenvalue weighted by Gasteiger charge is -2.37. The Morgan fingerprint density at radius 3 is 2.19 bits per heavy atom. The molecule has 0 bridgehead atoms.